The Hall–Kier alpha value is -18.3. The predicted molar refractivity (Wildman–Crippen MR) is 559 cm³/mol. The highest BCUT2D eigenvalue weighted by atomic mass is 15.1. The Bertz CT molecular complexity index is 10300. The van der Waals surface area contributed by atoms with Gasteiger partial charge in [0.25, 0.3) is 0 Å². The van der Waals surface area contributed by atoms with Crippen LogP contribution in [0.2, 0.25) is 0 Å². The molecule has 140 heavy (non-hydrogen) atoms. The van der Waals surface area contributed by atoms with Gasteiger partial charge >= 0.3 is 0 Å². The number of pyridine rings is 12. The van der Waals surface area contributed by atoms with E-state index in [0.29, 0.717) is 0 Å². The maximum atomic E-state index is 5.04. The van der Waals surface area contributed by atoms with Gasteiger partial charge in [-0.05, 0) is 320 Å². The van der Waals surface area contributed by atoms with Gasteiger partial charge in [-0.15, -0.1) is 0 Å². The van der Waals surface area contributed by atoms with Gasteiger partial charge in [0.2, 0.25) is 0 Å². The van der Waals surface area contributed by atoms with Crippen LogP contribution < -0.4 is 0 Å². The van der Waals surface area contributed by atoms with E-state index in [2.05, 4.69) is 256 Å². The Kier molecular flexibility index (Phi) is 14.9. The Morgan fingerprint density at radius 2 is 0.471 bits per heavy atom. The highest BCUT2D eigenvalue weighted by molar-refractivity contribution is 6.24. The highest BCUT2D eigenvalue weighted by Crippen LogP contribution is 2.57. The molecule has 0 saturated carbocycles. The summed E-state index contributed by atoms with van der Waals surface area (Å²) in [4.78, 5) is 57.2. The van der Waals surface area contributed by atoms with E-state index < -0.39 is 0 Å². The smallest absolute Gasteiger partial charge is 0.146 e. The first kappa shape index (κ1) is 75.1. The molecule has 0 unspecified atom stereocenters. The second-order valence-corrected chi connectivity index (χ2v) is 38.7. The largest absolute Gasteiger partial charge is 0.290 e. The van der Waals surface area contributed by atoms with Crippen molar-refractivity contribution in [2.45, 2.75) is 51.4 Å². The minimum atomic E-state index is 0.903. The van der Waals surface area contributed by atoms with Crippen LogP contribution in [-0.2, 0) is 51.4 Å². The lowest BCUT2D eigenvalue weighted by atomic mass is 9.93. The zero-order valence-electron chi connectivity index (χ0n) is 75.1. The number of rotatable bonds is 0. The zero-order valence-corrected chi connectivity index (χ0v) is 75.1. The van der Waals surface area contributed by atoms with Gasteiger partial charge in [0, 0.05) is 92.7 Å². The van der Waals surface area contributed by atoms with Crippen LogP contribution in [0.4, 0.5) is 0 Å². The molecule has 16 heterocycles. The fourth-order valence-electron chi connectivity index (χ4n) is 26.1. The Labute approximate surface area is 796 Å². The van der Waals surface area contributed by atoms with Crippen LogP contribution in [0.3, 0.4) is 0 Å². The molecule has 0 saturated heterocycles. The Balaban J connectivity index is 0.0000000829. The summed E-state index contributed by atoms with van der Waals surface area (Å²) in [5, 5.41) is 9.40. The van der Waals surface area contributed by atoms with E-state index in [1.54, 1.807) is 0 Å². The van der Waals surface area contributed by atoms with Crippen LogP contribution in [-0.4, -0.2) is 77.4 Å². The van der Waals surface area contributed by atoms with E-state index in [0.717, 1.165) is 184 Å². The van der Waals surface area contributed by atoms with E-state index >= 15 is 0 Å². The van der Waals surface area contributed by atoms with Crippen molar-refractivity contribution in [3.05, 3.63) is 430 Å². The van der Waals surface area contributed by atoms with Crippen molar-refractivity contribution in [3.8, 4) is 89.0 Å². The van der Waals surface area contributed by atoms with Crippen molar-refractivity contribution >= 4 is 154 Å². The third-order valence-corrected chi connectivity index (χ3v) is 31.8. The van der Waals surface area contributed by atoms with Gasteiger partial charge in [0.05, 0.1) is 91.0 Å². The van der Waals surface area contributed by atoms with Crippen LogP contribution in [0.15, 0.2) is 341 Å². The van der Waals surface area contributed by atoms with E-state index in [9.17, 15) is 0 Å². The number of hydrogen-bond acceptors (Lipinski definition) is 12. The Morgan fingerprint density at radius 3 is 0.929 bits per heavy atom. The fraction of sp³-hybridized carbons (Fsp3) is 0.0645. The van der Waals surface area contributed by atoms with Gasteiger partial charge in [-0.2, -0.15) is 0 Å². The van der Waals surface area contributed by atoms with Crippen LogP contribution >= 0.6 is 0 Å². The molecule has 16 aromatic heterocycles. The molecular weight excluding hydrogens is 1710 g/mol. The summed E-state index contributed by atoms with van der Waals surface area (Å²) in [6.07, 6.45) is 30.3. The molecule has 36 rings (SSSR count). The average Bonchev–Trinajstić information content (AvgIpc) is 1.51. The van der Waals surface area contributed by atoms with E-state index in [-0.39, 0.29) is 0 Å². The predicted octanol–water partition coefficient (Wildman–Crippen LogP) is 26.9. The molecule has 28 aromatic rings. The van der Waals surface area contributed by atoms with E-state index in [4.69, 9.17) is 39.9 Å². The molecule has 8 aliphatic carbocycles. The van der Waals surface area contributed by atoms with Gasteiger partial charge in [-0.3, -0.25) is 57.5 Å². The average molecular weight is 1790 g/mol. The lowest BCUT2D eigenvalue weighted by Gasteiger charge is -2.13. The number of fused-ring (bicyclic) bond motifs is 62. The fourth-order valence-corrected chi connectivity index (χ4v) is 26.1. The third kappa shape index (κ3) is 10.2. The van der Waals surface area contributed by atoms with Crippen LogP contribution in [0, 0.1) is 0 Å². The molecule has 8 aliphatic rings. The monoisotopic (exact) mass is 1780 g/mol. The molecule has 0 bridgehead atoms. The minimum absolute atomic E-state index is 0.903. The molecule has 16 nitrogen and oxygen atoms in total. The summed E-state index contributed by atoms with van der Waals surface area (Å²) in [6, 6.07) is 97.5. The maximum absolute atomic E-state index is 5.04. The lowest BCUT2D eigenvalue weighted by molar-refractivity contribution is 1.16. The summed E-state index contributed by atoms with van der Waals surface area (Å²) in [7, 11) is 0. The summed E-state index contributed by atoms with van der Waals surface area (Å²) < 4.78 is 8.96. The molecule has 0 aliphatic heterocycles. The molecule has 0 radical (unpaired) electrons. The number of hydrogen-bond donors (Lipinski definition) is 0. The van der Waals surface area contributed by atoms with Crippen molar-refractivity contribution in [2.24, 2.45) is 0 Å². The first-order valence-corrected chi connectivity index (χ1v) is 48.2. The summed E-state index contributed by atoms with van der Waals surface area (Å²) in [5.41, 5.74) is 64.8. The van der Waals surface area contributed by atoms with Crippen molar-refractivity contribution in [1.82, 2.24) is 77.4 Å². The van der Waals surface area contributed by atoms with Gasteiger partial charge in [0.15, 0.2) is 0 Å². The first-order chi connectivity index (χ1) is 69.4. The quantitative estimate of drug-likeness (QED) is 0.132. The standard InChI is InChI=1S/4C31H18N4/c1-2-5-20-17(4-1)14-18-7-9-21-23(27(18)20)15-19-8-10-22-29(28(19)21)30-26(6-3-12-33-30)35-25-11-13-32-16-24(25)34-31(22)35;1-2-5-19-17(4-1)14-23-20(19)9-10-21-24(23)15-18-7-8-22-29(28(18)21)30-27(6-3-12-33-30)35-26-11-13-32-16-25(26)34-31(22)35;1-2-5-21-17(4-1)12-19-15-24-20(14-23(19)21)13-18-7-8-22-29(28(18)24)30-27(6-3-10-33-30)35-26-9-11-32-16-25(26)34-31(22)35;1-2-5-21-17(4-1)12-19-14-20-13-18-7-8-22-29(28(18)24(20)15-23(19)21)30-27(6-3-10-33-30)35-26-9-11-32-16-25(26)34-31(22)35/h2*1-13,16H,14-15H2;2*1-11,14-16H,12-13H2. The molecule has 648 valence electrons. The number of imidazole rings is 4. The topological polar surface area (TPSA) is 172 Å². The van der Waals surface area contributed by atoms with Gasteiger partial charge in [0.1, 0.15) is 44.7 Å². The van der Waals surface area contributed by atoms with Crippen molar-refractivity contribution in [3.63, 3.8) is 0 Å². The SMILES string of the molecule is c1ccc2c(c1)Cc1c-2ccc2c1Cc1ccc3c(c1-2)c1ncccc1n1c2ccncc2nc31.c1ccc2c(c1)Cc1cc3c(cc1-2)-c1c(ccc2c1c1ncccc1n1c4ccncc4nc21)C3.c1ccc2c(c1)Cc1cc3c(cc1-2)Cc1ccc2c(c1-3)c1ncccc1n1c3ccncc3nc21.c1ccc2c(c1)Cc1ccc3c(c1-2)Cc1ccc2c(c1-3)c1ncccc1n1c3ccncc3nc21. The molecule has 0 amide bonds. The molecule has 16 heteroatoms. The highest BCUT2D eigenvalue weighted by Gasteiger charge is 2.37. The second kappa shape index (κ2) is 27.7. The second-order valence-electron chi connectivity index (χ2n) is 38.7. The summed E-state index contributed by atoms with van der Waals surface area (Å²) in [5.74, 6) is 0. The summed E-state index contributed by atoms with van der Waals surface area (Å²) >= 11 is 0. The maximum Gasteiger partial charge on any atom is 0.146 e. The van der Waals surface area contributed by atoms with Gasteiger partial charge in [-0.1, -0.05) is 176 Å². The van der Waals surface area contributed by atoms with Crippen LogP contribution in [0.1, 0.15) is 89.0 Å². The molecule has 0 atom stereocenters. The molecular formula is C124H72N16. The van der Waals surface area contributed by atoms with Crippen LogP contribution in [0.25, 0.3) is 243 Å². The summed E-state index contributed by atoms with van der Waals surface area (Å²) in [6.45, 7) is 0. The minimum Gasteiger partial charge on any atom is -0.290 e. The van der Waals surface area contributed by atoms with Crippen molar-refractivity contribution in [1.29, 1.82) is 0 Å². The molecule has 0 fully saturated rings. The third-order valence-electron chi connectivity index (χ3n) is 31.8. The Morgan fingerprint density at radius 1 is 0.179 bits per heavy atom. The van der Waals surface area contributed by atoms with Gasteiger partial charge < -0.3 is 0 Å². The van der Waals surface area contributed by atoms with Crippen molar-refractivity contribution < 1.29 is 0 Å². The normalized spacial score (nSPS) is 13.5. The van der Waals surface area contributed by atoms with Crippen LogP contribution in [0.5, 0.6) is 0 Å². The first-order valence-electron chi connectivity index (χ1n) is 48.2. The number of benzene rings is 12. The van der Waals surface area contributed by atoms with E-state index in [1.807, 2.05) is 123 Å². The zero-order chi connectivity index (χ0) is 90.7. The number of nitrogens with zero attached hydrogens (tertiary/aromatic N) is 16. The molecule has 0 spiro atoms. The molecule has 0 N–H and O–H groups in total. The molecule has 12 aromatic carbocycles. The lowest BCUT2D eigenvalue weighted by Crippen LogP contribution is -1.95. The number of aromatic nitrogens is 16. The van der Waals surface area contributed by atoms with Crippen molar-refractivity contribution in [2.75, 3.05) is 0 Å². The van der Waals surface area contributed by atoms with Gasteiger partial charge in [-0.25, -0.2) is 19.9 Å². The van der Waals surface area contributed by atoms with E-state index in [1.165, 1.54) is 200 Å².